The lowest BCUT2D eigenvalue weighted by Gasteiger charge is -1.99. The molecule has 0 saturated carbocycles. The third-order valence-electron chi connectivity index (χ3n) is 2.30. The Hall–Kier alpha value is -1.44. The normalized spacial score (nSPS) is 10.4. The van der Waals surface area contributed by atoms with Crippen LogP contribution in [0.4, 0.5) is 0 Å². The van der Waals surface area contributed by atoms with Crippen molar-refractivity contribution in [3.63, 3.8) is 0 Å². The molecule has 0 amide bonds. The first kappa shape index (κ1) is 13.0. The molecule has 0 bridgehead atoms. The number of hydrogen-bond acceptors (Lipinski definition) is 4. The molecule has 0 atom stereocenters. The zero-order chi connectivity index (χ0) is 13.1. The standard InChI is InChI=1S/C12H12IN3O2/c1-3-18-12(17)10-14-11(16(2)15-10)8-5-4-6-9(13)7-8/h4-7H,3H2,1-2H3. The van der Waals surface area contributed by atoms with Gasteiger partial charge in [0.2, 0.25) is 0 Å². The Morgan fingerprint density at radius 1 is 1.50 bits per heavy atom. The fraction of sp³-hybridized carbons (Fsp3) is 0.250. The predicted octanol–water partition coefficient (Wildman–Crippen LogP) is 2.26. The number of ether oxygens (including phenoxy) is 1. The molecule has 1 aromatic heterocycles. The highest BCUT2D eigenvalue weighted by Crippen LogP contribution is 2.19. The zero-order valence-corrected chi connectivity index (χ0v) is 12.2. The van der Waals surface area contributed by atoms with E-state index in [1.54, 1.807) is 18.7 Å². The highest BCUT2D eigenvalue weighted by molar-refractivity contribution is 14.1. The number of carbonyl (C=O) groups is 1. The minimum atomic E-state index is -0.495. The van der Waals surface area contributed by atoms with E-state index in [1.165, 1.54) is 0 Å². The third kappa shape index (κ3) is 2.69. The van der Waals surface area contributed by atoms with Gasteiger partial charge in [0.05, 0.1) is 6.61 Å². The molecule has 1 aromatic carbocycles. The van der Waals surface area contributed by atoms with E-state index in [2.05, 4.69) is 32.7 Å². The van der Waals surface area contributed by atoms with Crippen molar-refractivity contribution in [1.82, 2.24) is 14.8 Å². The highest BCUT2D eigenvalue weighted by Gasteiger charge is 2.16. The van der Waals surface area contributed by atoms with Crippen LogP contribution in [0.1, 0.15) is 17.5 Å². The van der Waals surface area contributed by atoms with Gasteiger partial charge in [-0.15, -0.1) is 5.10 Å². The molecule has 94 valence electrons. The van der Waals surface area contributed by atoms with Gasteiger partial charge >= 0.3 is 5.97 Å². The first-order chi connectivity index (χ1) is 8.61. The third-order valence-corrected chi connectivity index (χ3v) is 2.97. The van der Waals surface area contributed by atoms with Crippen molar-refractivity contribution in [3.05, 3.63) is 33.7 Å². The molecule has 0 unspecified atom stereocenters. The van der Waals surface area contributed by atoms with Gasteiger partial charge < -0.3 is 4.74 Å². The van der Waals surface area contributed by atoms with Gasteiger partial charge in [-0.2, -0.15) is 0 Å². The summed E-state index contributed by atoms with van der Waals surface area (Å²) >= 11 is 2.23. The van der Waals surface area contributed by atoms with Crippen molar-refractivity contribution in [2.24, 2.45) is 7.05 Å². The molecule has 6 heteroatoms. The Morgan fingerprint density at radius 3 is 2.94 bits per heavy atom. The second-order valence-corrected chi connectivity index (χ2v) is 4.86. The van der Waals surface area contributed by atoms with Crippen LogP contribution in [0.25, 0.3) is 11.4 Å². The summed E-state index contributed by atoms with van der Waals surface area (Å²) in [6.45, 7) is 2.07. The number of benzene rings is 1. The predicted molar refractivity (Wildman–Crippen MR) is 75.1 cm³/mol. The van der Waals surface area contributed by atoms with E-state index in [0.29, 0.717) is 12.4 Å². The number of rotatable bonds is 3. The van der Waals surface area contributed by atoms with Gasteiger partial charge in [-0.3, -0.25) is 0 Å². The number of halogens is 1. The Labute approximate surface area is 118 Å². The molecule has 0 radical (unpaired) electrons. The molecule has 0 aliphatic heterocycles. The van der Waals surface area contributed by atoms with Crippen LogP contribution in [0.3, 0.4) is 0 Å². The molecule has 0 aliphatic rings. The van der Waals surface area contributed by atoms with Crippen LogP contribution in [0.15, 0.2) is 24.3 Å². The first-order valence-electron chi connectivity index (χ1n) is 5.46. The van der Waals surface area contributed by atoms with Crippen LogP contribution in [0.2, 0.25) is 0 Å². The molecule has 0 fully saturated rings. The van der Waals surface area contributed by atoms with E-state index >= 15 is 0 Å². The average molecular weight is 357 g/mol. The van der Waals surface area contributed by atoms with Crippen molar-refractivity contribution in [2.75, 3.05) is 6.61 Å². The zero-order valence-electron chi connectivity index (χ0n) is 10.1. The van der Waals surface area contributed by atoms with Crippen molar-refractivity contribution >= 4 is 28.6 Å². The summed E-state index contributed by atoms with van der Waals surface area (Å²) < 4.78 is 7.56. The van der Waals surface area contributed by atoms with Gasteiger partial charge in [-0.05, 0) is 41.6 Å². The monoisotopic (exact) mass is 357 g/mol. The Bertz CT molecular complexity index is 580. The number of nitrogens with zero attached hydrogens (tertiary/aromatic N) is 3. The maximum Gasteiger partial charge on any atom is 0.378 e. The van der Waals surface area contributed by atoms with Crippen molar-refractivity contribution in [3.8, 4) is 11.4 Å². The maximum absolute atomic E-state index is 11.5. The molecule has 0 N–H and O–H groups in total. The van der Waals surface area contributed by atoms with Gasteiger partial charge in [-0.1, -0.05) is 12.1 Å². The molecule has 5 nitrogen and oxygen atoms in total. The number of esters is 1. The van der Waals surface area contributed by atoms with E-state index < -0.39 is 5.97 Å². The van der Waals surface area contributed by atoms with Crippen LogP contribution in [-0.4, -0.2) is 27.3 Å². The Kier molecular flexibility index (Phi) is 3.95. The fourth-order valence-corrected chi connectivity index (χ4v) is 2.09. The number of aryl methyl sites for hydroxylation is 1. The second-order valence-electron chi connectivity index (χ2n) is 3.61. The Morgan fingerprint density at radius 2 is 2.28 bits per heavy atom. The molecule has 2 aromatic rings. The van der Waals surface area contributed by atoms with Gasteiger partial charge in [0.15, 0.2) is 5.82 Å². The van der Waals surface area contributed by atoms with E-state index in [4.69, 9.17) is 4.74 Å². The molecule has 1 heterocycles. The van der Waals surface area contributed by atoms with Crippen LogP contribution < -0.4 is 0 Å². The lowest BCUT2D eigenvalue weighted by molar-refractivity contribution is 0.0512. The Balaban J connectivity index is 2.38. The first-order valence-corrected chi connectivity index (χ1v) is 6.53. The molecule has 18 heavy (non-hydrogen) atoms. The molecule has 0 aliphatic carbocycles. The van der Waals surface area contributed by atoms with Gasteiger partial charge in [-0.25, -0.2) is 14.5 Å². The molecular formula is C12H12IN3O2. The molecule has 0 spiro atoms. The van der Waals surface area contributed by atoms with Crippen LogP contribution in [0.5, 0.6) is 0 Å². The number of aromatic nitrogens is 3. The van der Waals surface area contributed by atoms with Gasteiger partial charge in [0.25, 0.3) is 5.82 Å². The fourth-order valence-electron chi connectivity index (χ4n) is 1.55. The summed E-state index contributed by atoms with van der Waals surface area (Å²) in [4.78, 5) is 15.8. The summed E-state index contributed by atoms with van der Waals surface area (Å²) in [5, 5.41) is 4.06. The number of carbonyl (C=O) groups excluding carboxylic acids is 1. The summed E-state index contributed by atoms with van der Waals surface area (Å²) in [6, 6.07) is 7.85. The van der Waals surface area contributed by atoms with Crippen LogP contribution in [0, 0.1) is 3.57 Å². The van der Waals surface area contributed by atoms with E-state index in [-0.39, 0.29) is 5.82 Å². The van der Waals surface area contributed by atoms with Gasteiger partial charge in [0.1, 0.15) is 0 Å². The van der Waals surface area contributed by atoms with Crippen molar-refractivity contribution < 1.29 is 9.53 Å². The maximum atomic E-state index is 11.5. The van der Waals surface area contributed by atoms with Crippen LogP contribution in [-0.2, 0) is 11.8 Å². The SMILES string of the molecule is CCOC(=O)c1nc(-c2cccc(I)c2)n(C)n1. The van der Waals surface area contributed by atoms with Gasteiger partial charge in [0, 0.05) is 16.2 Å². The summed E-state index contributed by atoms with van der Waals surface area (Å²) in [6.07, 6.45) is 0. The topological polar surface area (TPSA) is 57.0 Å². The van der Waals surface area contributed by atoms with Crippen LogP contribution >= 0.6 is 22.6 Å². The second kappa shape index (κ2) is 5.47. The molecule has 2 rings (SSSR count). The highest BCUT2D eigenvalue weighted by atomic mass is 127. The number of hydrogen-bond donors (Lipinski definition) is 0. The lowest BCUT2D eigenvalue weighted by atomic mass is 10.2. The smallest absolute Gasteiger partial charge is 0.378 e. The minimum Gasteiger partial charge on any atom is -0.460 e. The van der Waals surface area contributed by atoms with E-state index in [1.807, 2.05) is 24.3 Å². The average Bonchev–Trinajstić information content (AvgIpc) is 2.72. The quantitative estimate of drug-likeness (QED) is 0.625. The summed E-state index contributed by atoms with van der Waals surface area (Å²) in [5.41, 5.74) is 0.924. The minimum absolute atomic E-state index is 0.0909. The summed E-state index contributed by atoms with van der Waals surface area (Å²) in [5.74, 6) is 0.245. The van der Waals surface area contributed by atoms with E-state index in [9.17, 15) is 4.79 Å². The van der Waals surface area contributed by atoms with E-state index in [0.717, 1.165) is 9.13 Å². The van der Waals surface area contributed by atoms with Crippen molar-refractivity contribution in [2.45, 2.75) is 6.92 Å². The molecular weight excluding hydrogens is 345 g/mol. The summed E-state index contributed by atoms with van der Waals surface area (Å²) in [7, 11) is 1.75. The lowest BCUT2D eigenvalue weighted by Crippen LogP contribution is -2.07. The molecule has 0 saturated heterocycles. The largest absolute Gasteiger partial charge is 0.460 e. The van der Waals surface area contributed by atoms with Crippen molar-refractivity contribution in [1.29, 1.82) is 0 Å².